The fourth-order valence-corrected chi connectivity index (χ4v) is 3.24. The van der Waals surface area contributed by atoms with Crippen molar-refractivity contribution in [3.8, 4) is 0 Å². The third-order valence-electron chi connectivity index (χ3n) is 4.97. The number of rotatable bonds is 3. The van der Waals surface area contributed by atoms with Crippen LogP contribution < -0.4 is 0 Å². The third-order valence-corrected chi connectivity index (χ3v) is 4.97. The van der Waals surface area contributed by atoms with E-state index in [1.54, 1.807) is 45.0 Å². The van der Waals surface area contributed by atoms with E-state index in [9.17, 15) is 14.0 Å². The molecule has 3 rings (SSSR count). The van der Waals surface area contributed by atoms with Gasteiger partial charge in [-0.1, -0.05) is 6.07 Å². The van der Waals surface area contributed by atoms with E-state index in [2.05, 4.69) is 4.98 Å². The lowest BCUT2D eigenvalue weighted by Crippen LogP contribution is -2.38. The molecule has 0 spiro atoms. The molecule has 7 heteroatoms. The summed E-state index contributed by atoms with van der Waals surface area (Å²) >= 11 is 0. The number of benzene rings is 1. The van der Waals surface area contributed by atoms with Crippen LogP contribution >= 0.6 is 0 Å². The summed E-state index contributed by atoms with van der Waals surface area (Å²) in [7, 11) is 3.35. The zero-order chi connectivity index (χ0) is 19.7. The summed E-state index contributed by atoms with van der Waals surface area (Å²) in [5.74, 6) is 0.398. The van der Waals surface area contributed by atoms with E-state index >= 15 is 0 Å². The number of piperidine rings is 1. The minimum Gasteiger partial charge on any atom is -0.445 e. The summed E-state index contributed by atoms with van der Waals surface area (Å²) in [6.45, 7) is 4.48. The molecule has 1 fully saturated rings. The summed E-state index contributed by atoms with van der Waals surface area (Å²) < 4.78 is 19.5. The maximum atomic E-state index is 13.7. The lowest BCUT2D eigenvalue weighted by Gasteiger charge is -2.30. The van der Waals surface area contributed by atoms with E-state index in [1.807, 2.05) is 0 Å². The minimum atomic E-state index is -0.371. The molecule has 6 nitrogen and oxygen atoms in total. The van der Waals surface area contributed by atoms with Crippen LogP contribution in [0.25, 0.3) is 0 Å². The van der Waals surface area contributed by atoms with Gasteiger partial charge in [0, 0.05) is 38.7 Å². The number of hydrogen-bond donors (Lipinski definition) is 0. The first-order valence-electron chi connectivity index (χ1n) is 9.02. The van der Waals surface area contributed by atoms with Crippen molar-refractivity contribution < 1.29 is 18.4 Å². The van der Waals surface area contributed by atoms with Crippen molar-refractivity contribution in [2.75, 3.05) is 27.2 Å². The largest absolute Gasteiger partial charge is 0.445 e. The van der Waals surface area contributed by atoms with Gasteiger partial charge in [-0.15, -0.1) is 0 Å². The highest BCUT2D eigenvalue weighted by atomic mass is 19.1. The van der Waals surface area contributed by atoms with Crippen LogP contribution in [0.15, 0.2) is 22.6 Å². The number of aryl methyl sites for hydroxylation is 2. The van der Waals surface area contributed by atoms with Gasteiger partial charge in [0.05, 0.1) is 0 Å². The van der Waals surface area contributed by atoms with Gasteiger partial charge in [-0.05, 0) is 44.4 Å². The van der Waals surface area contributed by atoms with Gasteiger partial charge in [0.15, 0.2) is 11.6 Å². The molecule has 2 aromatic rings. The molecule has 0 unspecified atom stereocenters. The van der Waals surface area contributed by atoms with Crippen molar-refractivity contribution in [1.82, 2.24) is 14.8 Å². The molecular formula is C20H24FN3O3. The lowest BCUT2D eigenvalue weighted by atomic mass is 9.96. The summed E-state index contributed by atoms with van der Waals surface area (Å²) in [5.41, 5.74) is 1.22. The summed E-state index contributed by atoms with van der Waals surface area (Å²) in [5, 5.41) is 0. The van der Waals surface area contributed by atoms with Gasteiger partial charge >= 0.3 is 0 Å². The van der Waals surface area contributed by atoms with Crippen LogP contribution in [-0.2, 0) is 0 Å². The third kappa shape index (κ3) is 3.86. The molecule has 2 heterocycles. The van der Waals surface area contributed by atoms with Gasteiger partial charge in [-0.3, -0.25) is 9.59 Å². The Hall–Kier alpha value is -2.70. The van der Waals surface area contributed by atoms with Gasteiger partial charge in [-0.25, -0.2) is 9.37 Å². The fourth-order valence-electron chi connectivity index (χ4n) is 3.24. The zero-order valence-corrected chi connectivity index (χ0v) is 16.1. The molecule has 144 valence electrons. The molecule has 1 saturated heterocycles. The second kappa shape index (κ2) is 7.50. The predicted octanol–water partition coefficient (Wildman–Crippen LogP) is 3.15. The Morgan fingerprint density at radius 2 is 1.89 bits per heavy atom. The van der Waals surface area contributed by atoms with Crippen molar-refractivity contribution in [3.63, 3.8) is 0 Å². The summed E-state index contributed by atoms with van der Waals surface area (Å²) in [4.78, 5) is 32.3. The number of aromatic nitrogens is 1. The zero-order valence-electron chi connectivity index (χ0n) is 16.1. The topological polar surface area (TPSA) is 66.7 Å². The Bertz CT molecular complexity index is 867. The number of hydrogen-bond acceptors (Lipinski definition) is 4. The van der Waals surface area contributed by atoms with Crippen LogP contribution in [0.2, 0.25) is 0 Å². The van der Waals surface area contributed by atoms with Crippen LogP contribution in [0.4, 0.5) is 4.39 Å². The molecular weight excluding hydrogens is 349 g/mol. The maximum absolute atomic E-state index is 13.7. The molecule has 2 amide bonds. The Labute approximate surface area is 158 Å². The summed E-state index contributed by atoms with van der Waals surface area (Å²) in [6.07, 6.45) is 1.38. The van der Waals surface area contributed by atoms with Crippen molar-refractivity contribution in [2.45, 2.75) is 32.6 Å². The standard InChI is InChI=1S/C20H24FN3O3/c1-12-5-6-15(11-16(12)21)19(25)24-9-7-14(8-10-24)18-22-17(13(2)27-18)20(26)23(3)4/h5-6,11,14H,7-10H2,1-4H3. The molecule has 0 aliphatic carbocycles. The highest BCUT2D eigenvalue weighted by molar-refractivity contribution is 5.94. The smallest absolute Gasteiger partial charge is 0.275 e. The summed E-state index contributed by atoms with van der Waals surface area (Å²) in [6, 6.07) is 4.57. The Balaban J connectivity index is 1.67. The van der Waals surface area contributed by atoms with E-state index in [-0.39, 0.29) is 23.5 Å². The van der Waals surface area contributed by atoms with Crippen molar-refractivity contribution in [2.24, 2.45) is 0 Å². The SMILES string of the molecule is Cc1ccc(C(=O)N2CCC(c3nc(C(=O)N(C)C)c(C)o3)CC2)cc1F. The molecule has 0 atom stereocenters. The minimum absolute atomic E-state index is 0.0613. The second-order valence-corrected chi connectivity index (χ2v) is 7.19. The first-order valence-corrected chi connectivity index (χ1v) is 9.02. The molecule has 0 radical (unpaired) electrons. The number of likely N-dealkylation sites (tertiary alicyclic amines) is 1. The van der Waals surface area contributed by atoms with Gasteiger partial charge in [0.2, 0.25) is 0 Å². The van der Waals surface area contributed by atoms with Gasteiger partial charge in [0.25, 0.3) is 11.8 Å². The fraction of sp³-hybridized carbons (Fsp3) is 0.450. The average molecular weight is 373 g/mol. The van der Waals surface area contributed by atoms with E-state index in [4.69, 9.17) is 4.42 Å². The van der Waals surface area contributed by atoms with Crippen LogP contribution in [0.1, 0.15) is 56.8 Å². The predicted molar refractivity (Wildman–Crippen MR) is 98.3 cm³/mol. The quantitative estimate of drug-likeness (QED) is 0.829. The number of halogens is 1. The Morgan fingerprint density at radius 1 is 1.22 bits per heavy atom. The number of carbonyl (C=O) groups is 2. The van der Waals surface area contributed by atoms with E-state index in [1.165, 1.54) is 11.0 Å². The van der Waals surface area contributed by atoms with E-state index in [0.717, 1.165) is 0 Å². The monoisotopic (exact) mass is 373 g/mol. The van der Waals surface area contributed by atoms with Crippen molar-refractivity contribution in [1.29, 1.82) is 0 Å². The molecule has 27 heavy (non-hydrogen) atoms. The van der Waals surface area contributed by atoms with Gasteiger partial charge in [0.1, 0.15) is 11.6 Å². The lowest BCUT2D eigenvalue weighted by molar-refractivity contribution is 0.0705. The van der Waals surface area contributed by atoms with Crippen molar-refractivity contribution >= 4 is 11.8 Å². The van der Waals surface area contributed by atoms with Crippen molar-refractivity contribution in [3.05, 3.63) is 52.5 Å². The highest BCUT2D eigenvalue weighted by Gasteiger charge is 2.29. The van der Waals surface area contributed by atoms with Crippen LogP contribution in [0.5, 0.6) is 0 Å². The highest BCUT2D eigenvalue weighted by Crippen LogP contribution is 2.29. The van der Waals surface area contributed by atoms with Gasteiger partial charge in [-0.2, -0.15) is 0 Å². The Kier molecular flexibility index (Phi) is 5.30. The molecule has 0 N–H and O–H groups in total. The number of oxazole rings is 1. The first-order chi connectivity index (χ1) is 12.8. The Morgan fingerprint density at radius 3 is 2.48 bits per heavy atom. The van der Waals surface area contributed by atoms with Crippen LogP contribution in [-0.4, -0.2) is 53.8 Å². The molecule has 0 saturated carbocycles. The molecule has 0 bridgehead atoms. The molecule has 1 aliphatic heterocycles. The number of nitrogens with zero attached hydrogens (tertiary/aromatic N) is 3. The van der Waals surface area contributed by atoms with Crippen LogP contribution in [0.3, 0.4) is 0 Å². The molecule has 1 aromatic carbocycles. The first kappa shape index (κ1) is 19.1. The number of carbonyl (C=O) groups excluding carboxylic acids is 2. The van der Waals surface area contributed by atoms with E-state index in [0.29, 0.717) is 54.4 Å². The number of amides is 2. The average Bonchev–Trinajstić information content (AvgIpc) is 3.04. The second-order valence-electron chi connectivity index (χ2n) is 7.19. The normalized spacial score (nSPS) is 15.1. The van der Waals surface area contributed by atoms with Gasteiger partial charge < -0.3 is 14.2 Å². The van der Waals surface area contributed by atoms with Crippen LogP contribution in [0, 0.1) is 19.7 Å². The molecule has 1 aromatic heterocycles. The molecule has 1 aliphatic rings. The maximum Gasteiger partial charge on any atom is 0.275 e. The van der Waals surface area contributed by atoms with E-state index < -0.39 is 0 Å².